The molecule has 1 N–H and O–H groups in total. The Hall–Kier alpha value is -1.19. The molecule has 0 aromatic rings. The number of nitrogens with zero attached hydrogens (tertiary/aromatic N) is 1. The van der Waals surface area contributed by atoms with Crippen LogP contribution < -0.4 is 0 Å². The summed E-state index contributed by atoms with van der Waals surface area (Å²) in [5.41, 5.74) is -0.459. The summed E-state index contributed by atoms with van der Waals surface area (Å²) >= 11 is 0. The van der Waals surface area contributed by atoms with E-state index in [0.29, 0.717) is 12.2 Å². The standard InChI is InChI=1S/C12H19NO3/c1-12(2,3)16-11(15)13-8-4-5-9(13)7-10(14)6-8/h6,8-9,14H,4-5,7H2,1-3H3. The topological polar surface area (TPSA) is 49.8 Å². The molecule has 2 bridgehead atoms. The first-order chi connectivity index (χ1) is 7.37. The summed E-state index contributed by atoms with van der Waals surface area (Å²) in [4.78, 5) is 13.7. The molecule has 0 aliphatic carbocycles. The first-order valence-electron chi connectivity index (χ1n) is 5.78. The molecule has 0 aromatic heterocycles. The molecule has 16 heavy (non-hydrogen) atoms. The van der Waals surface area contributed by atoms with Gasteiger partial charge in [-0.15, -0.1) is 0 Å². The lowest BCUT2D eigenvalue weighted by atomic mass is 10.1. The number of hydrogen-bond donors (Lipinski definition) is 1. The lowest BCUT2D eigenvalue weighted by Crippen LogP contribution is -2.45. The van der Waals surface area contributed by atoms with Crippen LogP contribution in [0, 0.1) is 0 Å². The van der Waals surface area contributed by atoms with Crippen molar-refractivity contribution in [2.24, 2.45) is 0 Å². The fourth-order valence-electron chi connectivity index (χ4n) is 2.41. The van der Waals surface area contributed by atoms with E-state index in [2.05, 4.69) is 0 Å². The van der Waals surface area contributed by atoms with Crippen LogP contribution in [0.15, 0.2) is 11.8 Å². The predicted octanol–water partition coefficient (Wildman–Crippen LogP) is 2.60. The van der Waals surface area contributed by atoms with Gasteiger partial charge in [0.1, 0.15) is 5.60 Å². The molecule has 1 saturated heterocycles. The van der Waals surface area contributed by atoms with Crippen LogP contribution in [0.1, 0.15) is 40.0 Å². The van der Waals surface area contributed by atoms with Crippen LogP contribution in [0.5, 0.6) is 0 Å². The van der Waals surface area contributed by atoms with Crippen molar-refractivity contribution in [3.05, 3.63) is 11.8 Å². The van der Waals surface area contributed by atoms with E-state index in [1.807, 2.05) is 20.8 Å². The van der Waals surface area contributed by atoms with E-state index in [1.165, 1.54) is 0 Å². The minimum atomic E-state index is -0.459. The second-order valence-corrected chi connectivity index (χ2v) is 5.55. The Bertz CT molecular complexity index is 330. The van der Waals surface area contributed by atoms with Crippen molar-refractivity contribution in [1.82, 2.24) is 4.90 Å². The lowest BCUT2D eigenvalue weighted by Gasteiger charge is -2.34. The quantitative estimate of drug-likeness (QED) is 0.689. The molecule has 1 amide bonds. The zero-order chi connectivity index (χ0) is 11.9. The molecule has 2 aliphatic heterocycles. The van der Waals surface area contributed by atoms with E-state index in [0.717, 1.165) is 12.8 Å². The summed E-state index contributed by atoms with van der Waals surface area (Å²) in [6.45, 7) is 5.60. The van der Waals surface area contributed by atoms with Gasteiger partial charge >= 0.3 is 6.09 Å². The van der Waals surface area contributed by atoms with Gasteiger partial charge in [-0.2, -0.15) is 0 Å². The van der Waals surface area contributed by atoms with Gasteiger partial charge in [0.2, 0.25) is 0 Å². The zero-order valence-corrected chi connectivity index (χ0v) is 10.1. The normalized spacial score (nSPS) is 28.9. The summed E-state index contributed by atoms with van der Waals surface area (Å²) in [7, 11) is 0. The van der Waals surface area contributed by atoms with Crippen LogP contribution in [0.3, 0.4) is 0 Å². The molecule has 90 valence electrons. The van der Waals surface area contributed by atoms with Gasteiger partial charge in [-0.05, 0) is 39.7 Å². The van der Waals surface area contributed by atoms with Gasteiger partial charge in [-0.3, -0.25) is 4.90 Å². The SMILES string of the molecule is CC(C)(C)OC(=O)N1C2C=C(O)CC1CC2. The summed E-state index contributed by atoms with van der Waals surface area (Å²) in [6.07, 6.45) is 3.95. The van der Waals surface area contributed by atoms with Crippen LogP contribution in [-0.2, 0) is 4.74 Å². The molecular weight excluding hydrogens is 206 g/mol. The fourth-order valence-corrected chi connectivity index (χ4v) is 2.41. The van der Waals surface area contributed by atoms with Crippen molar-refractivity contribution >= 4 is 6.09 Å². The zero-order valence-electron chi connectivity index (χ0n) is 10.1. The number of rotatable bonds is 0. The highest BCUT2D eigenvalue weighted by Crippen LogP contribution is 2.34. The Balaban J connectivity index is 2.09. The maximum Gasteiger partial charge on any atom is 0.411 e. The average molecular weight is 225 g/mol. The Morgan fingerprint density at radius 3 is 2.75 bits per heavy atom. The predicted molar refractivity (Wildman–Crippen MR) is 60.2 cm³/mol. The average Bonchev–Trinajstić information content (AvgIpc) is 2.36. The number of amides is 1. The van der Waals surface area contributed by atoms with Gasteiger partial charge in [0.25, 0.3) is 0 Å². The molecule has 2 rings (SSSR count). The van der Waals surface area contributed by atoms with Gasteiger partial charge in [0.15, 0.2) is 0 Å². The molecule has 2 atom stereocenters. The van der Waals surface area contributed by atoms with E-state index in [-0.39, 0.29) is 18.2 Å². The number of carbonyl (C=O) groups is 1. The van der Waals surface area contributed by atoms with Crippen LogP contribution in [0.4, 0.5) is 4.79 Å². The second kappa shape index (κ2) is 3.68. The summed E-state index contributed by atoms with van der Waals surface area (Å²) in [5.74, 6) is 0.410. The lowest BCUT2D eigenvalue weighted by molar-refractivity contribution is 0.0152. The van der Waals surface area contributed by atoms with Crippen molar-refractivity contribution in [3.8, 4) is 0 Å². The highest BCUT2D eigenvalue weighted by molar-refractivity contribution is 5.70. The van der Waals surface area contributed by atoms with E-state index >= 15 is 0 Å². The summed E-state index contributed by atoms with van der Waals surface area (Å²) in [6, 6.07) is 0.137. The number of hydrogen-bond acceptors (Lipinski definition) is 3. The van der Waals surface area contributed by atoms with Crippen LogP contribution in [-0.4, -0.2) is 33.8 Å². The molecule has 2 heterocycles. The van der Waals surface area contributed by atoms with Crippen molar-refractivity contribution in [2.45, 2.75) is 57.7 Å². The minimum Gasteiger partial charge on any atom is -0.512 e. The number of aliphatic hydroxyl groups excluding tert-OH is 1. The van der Waals surface area contributed by atoms with E-state index in [1.54, 1.807) is 11.0 Å². The highest BCUT2D eigenvalue weighted by Gasteiger charge is 2.41. The molecular formula is C12H19NO3. The molecule has 2 aliphatic rings. The third-order valence-corrected chi connectivity index (χ3v) is 2.98. The highest BCUT2D eigenvalue weighted by atomic mass is 16.6. The summed E-state index contributed by atoms with van der Waals surface area (Å²) in [5, 5.41) is 9.50. The molecule has 1 fully saturated rings. The maximum atomic E-state index is 12.0. The maximum absolute atomic E-state index is 12.0. The van der Waals surface area contributed by atoms with Gasteiger partial charge in [-0.1, -0.05) is 0 Å². The molecule has 4 heteroatoms. The minimum absolute atomic E-state index is 0.0219. The number of carbonyl (C=O) groups excluding carboxylic acids is 1. The van der Waals surface area contributed by atoms with Gasteiger partial charge < -0.3 is 9.84 Å². The smallest absolute Gasteiger partial charge is 0.411 e. The van der Waals surface area contributed by atoms with E-state index in [9.17, 15) is 9.90 Å². The van der Waals surface area contributed by atoms with Gasteiger partial charge in [0, 0.05) is 12.5 Å². The van der Waals surface area contributed by atoms with Crippen LogP contribution in [0.25, 0.3) is 0 Å². The second-order valence-electron chi connectivity index (χ2n) is 5.55. The Morgan fingerprint density at radius 2 is 2.19 bits per heavy atom. The van der Waals surface area contributed by atoms with Gasteiger partial charge in [-0.25, -0.2) is 4.79 Å². The number of aliphatic hydroxyl groups is 1. The first-order valence-corrected chi connectivity index (χ1v) is 5.78. The van der Waals surface area contributed by atoms with E-state index < -0.39 is 5.60 Å². The van der Waals surface area contributed by atoms with Crippen molar-refractivity contribution in [1.29, 1.82) is 0 Å². The Kier molecular flexibility index (Phi) is 2.60. The van der Waals surface area contributed by atoms with Gasteiger partial charge in [0.05, 0.1) is 11.8 Å². The fraction of sp³-hybridized carbons (Fsp3) is 0.750. The van der Waals surface area contributed by atoms with E-state index in [4.69, 9.17) is 4.74 Å². The molecule has 0 saturated carbocycles. The van der Waals surface area contributed by atoms with Crippen LogP contribution in [0.2, 0.25) is 0 Å². The molecule has 4 nitrogen and oxygen atoms in total. The number of ether oxygens (including phenoxy) is 1. The molecule has 2 unspecified atom stereocenters. The summed E-state index contributed by atoms with van der Waals surface area (Å²) < 4.78 is 5.37. The van der Waals surface area contributed by atoms with Crippen molar-refractivity contribution in [3.63, 3.8) is 0 Å². The third kappa shape index (κ3) is 2.15. The monoisotopic (exact) mass is 225 g/mol. The van der Waals surface area contributed by atoms with Crippen LogP contribution >= 0.6 is 0 Å². The van der Waals surface area contributed by atoms with Crippen molar-refractivity contribution in [2.75, 3.05) is 0 Å². The van der Waals surface area contributed by atoms with Crippen molar-refractivity contribution < 1.29 is 14.6 Å². The third-order valence-electron chi connectivity index (χ3n) is 2.98. The first kappa shape index (κ1) is 11.3. The molecule has 0 spiro atoms. The largest absolute Gasteiger partial charge is 0.512 e. The Labute approximate surface area is 95.9 Å². The molecule has 0 radical (unpaired) electrons. The molecule has 0 aromatic carbocycles. The Morgan fingerprint density at radius 1 is 1.50 bits per heavy atom. The number of fused-ring (bicyclic) bond motifs is 2.